The Hall–Kier alpha value is -0.860. The standard InChI is InChI=1S/C10H21N3O4S/c1-8(2)17-6-7-18(15,16)13-5-3-4-9(13)10(11)12-14/h8-9,14H,3-7H2,1-2H3,(H2,11,12). The summed E-state index contributed by atoms with van der Waals surface area (Å²) in [5.74, 6) is -0.138. The van der Waals surface area contributed by atoms with E-state index in [1.54, 1.807) is 0 Å². The molecule has 8 heteroatoms. The Morgan fingerprint density at radius 1 is 1.61 bits per heavy atom. The van der Waals surface area contributed by atoms with Crippen LogP contribution in [0.15, 0.2) is 5.16 Å². The van der Waals surface area contributed by atoms with Crippen LogP contribution in [0, 0.1) is 0 Å². The maximum atomic E-state index is 12.1. The van der Waals surface area contributed by atoms with E-state index >= 15 is 0 Å². The van der Waals surface area contributed by atoms with E-state index in [9.17, 15) is 8.42 Å². The summed E-state index contributed by atoms with van der Waals surface area (Å²) >= 11 is 0. The number of hydrogen-bond donors (Lipinski definition) is 2. The molecule has 0 bridgehead atoms. The van der Waals surface area contributed by atoms with Crippen LogP contribution in [0.2, 0.25) is 0 Å². The number of hydrogen-bond acceptors (Lipinski definition) is 5. The first-order valence-electron chi connectivity index (χ1n) is 5.97. The molecular formula is C10H21N3O4S. The minimum atomic E-state index is -3.42. The molecular weight excluding hydrogens is 258 g/mol. The van der Waals surface area contributed by atoms with Gasteiger partial charge in [0.25, 0.3) is 0 Å². The van der Waals surface area contributed by atoms with Gasteiger partial charge in [0.1, 0.15) is 0 Å². The van der Waals surface area contributed by atoms with Gasteiger partial charge >= 0.3 is 0 Å². The molecule has 3 N–H and O–H groups in total. The van der Waals surface area contributed by atoms with Crippen LogP contribution in [0.1, 0.15) is 26.7 Å². The van der Waals surface area contributed by atoms with Crippen LogP contribution in [-0.2, 0) is 14.8 Å². The van der Waals surface area contributed by atoms with Crippen molar-refractivity contribution in [1.29, 1.82) is 0 Å². The fourth-order valence-electron chi connectivity index (χ4n) is 1.94. The quantitative estimate of drug-likeness (QED) is 0.307. The third-order valence-corrected chi connectivity index (χ3v) is 4.64. The van der Waals surface area contributed by atoms with Gasteiger partial charge < -0.3 is 15.7 Å². The molecule has 0 saturated carbocycles. The third-order valence-electron chi connectivity index (χ3n) is 2.81. The van der Waals surface area contributed by atoms with Crippen molar-refractivity contribution >= 4 is 15.9 Å². The Morgan fingerprint density at radius 3 is 2.83 bits per heavy atom. The highest BCUT2D eigenvalue weighted by molar-refractivity contribution is 7.89. The van der Waals surface area contributed by atoms with Crippen molar-refractivity contribution in [3.8, 4) is 0 Å². The smallest absolute Gasteiger partial charge is 0.217 e. The highest BCUT2D eigenvalue weighted by Gasteiger charge is 2.36. The van der Waals surface area contributed by atoms with E-state index in [0.717, 1.165) is 0 Å². The van der Waals surface area contributed by atoms with Crippen LogP contribution in [0.4, 0.5) is 0 Å². The normalized spacial score (nSPS) is 22.8. The van der Waals surface area contributed by atoms with Crippen LogP contribution in [0.3, 0.4) is 0 Å². The van der Waals surface area contributed by atoms with E-state index in [1.807, 2.05) is 13.8 Å². The van der Waals surface area contributed by atoms with E-state index in [1.165, 1.54) is 4.31 Å². The number of amidine groups is 1. The summed E-state index contributed by atoms with van der Waals surface area (Å²) in [5, 5.41) is 11.5. The zero-order valence-electron chi connectivity index (χ0n) is 10.7. The fourth-order valence-corrected chi connectivity index (χ4v) is 3.49. The number of nitrogens with two attached hydrogens (primary N) is 1. The molecule has 0 spiro atoms. The predicted octanol–water partition coefficient (Wildman–Crippen LogP) is -0.0480. The second kappa shape index (κ2) is 6.35. The number of nitrogens with zero attached hydrogens (tertiary/aromatic N) is 2. The lowest BCUT2D eigenvalue weighted by atomic mass is 10.2. The maximum Gasteiger partial charge on any atom is 0.217 e. The van der Waals surface area contributed by atoms with E-state index in [0.29, 0.717) is 19.4 Å². The number of oxime groups is 1. The molecule has 1 saturated heterocycles. The molecule has 1 fully saturated rings. The lowest BCUT2D eigenvalue weighted by Gasteiger charge is -2.23. The van der Waals surface area contributed by atoms with Crippen LogP contribution in [0.25, 0.3) is 0 Å². The summed E-state index contributed by atoms with van der Waals surface area (Å²) in [6, 6.07) is -0.529. The van der Waals surface area contributed by atoms with Gasteiger partial charge in [0.2, 0.25) is 10.0 Å². The summed E-state index contributed by atoms with van der Waals surface area (Å²) in [7, 11) is -3.42. The van der Waals surface area contributed by atoms with E-state index in [-0.39, 0.29) is 24.3 Å². The molecule has 1 aliphatic heterocycles. The Balaban J connectivity index is 2.66. The van der Waals surface area contributed by atoms with Gasteiger partial charge in [-0.25, -0.2) is 8.42 Å². The summed E-state index contributed by atoms with van der Waals surface area (Å²) in [6.07, 6.45) is 1.30. The van der Waals surface area contributed by atoms with Gasteiger partial charge in [-0.2, -0.15) is 4.31 Å². The van der Waals surface area contributed by atoms with Gasteiger partial charge in [0.05, 0.1) is 24.5 Å². The summed E-state index contributed by atoms with van der Waals surface area (Å²) in [6.45, 7) is 4.26. The third kappa shape index (κ3) is 3.82. The number of ether oxygens (including phenoxy) is 1. The maximum absolute atomic E-state index is 12.1. The molecule has 1 heterocycles. The van der Waals surface area contributed by atoms with Crippen LogP contribution in [0.5, 0.6) is 0 Å². The average Bonchev–Trinajstić information content (AvgIpc) is 2.76. The summed E-state index contributed by atoms with van der Waals surface area (Å²) in [5.41, 5.74) is 5.50. The second-order valence-corrected chi connectivity index (χ2v) is 6.57. The monoisotopic (exact) mass is 279 g/mol. The molecule has 0 radical (unpaired) electrons. The molecule has 0 amide bonds. The molecule has 0 aromatic rings. The van der Waals surface area contributed by atoms with Gasteiger partial charge in [-0.05, 0) is 26.7 Å². The van der Waals surface area contributed by atoms with Crippen LogP contribution < -0.4 is 5.73 Å². The predicted molar refractivity (Wildman–Crippen MR) is 68.0 cm³/mol. The SMILES string of the molecule is CC(C)OCCS(=O)(=O)N1CCCC1C(N)=NO. The zero-order valence-corrected chi connectivity index (χ0v) is 11.6. The molecule has 1 atom stereocenters. The fraction of sp³-hybridized carbons (Fsp3) is 0.900. The van der Waals surface area contributed by atoms with Crippen LogP contribution in [-0.4, -0.2) is 54.8 Å². The highest BCUT2D eigenvalue weighted by Crippen LogP contribution is 2.21. The number of rotatable bonds is 6. The van der Waals surface area contributed by atoms with Crippen molar-refractivity contribution in [2.75, 3.05) is 18.9 Å². The molecule has 106 valence electrons. The van der Waals surface area contributed by atoms with Crippen LogP contribution >= 0.6 is 0 Å². The van der Waals surface area contributed by atoms with E-state index < -0.39 is 16.1 Å². The Labute approximate surface area is 108 Å². The first-order valence-corrected chi connectivity index (χ1v) is 7.58. The Morgan fingerprint density at radius 2 is 2.28 bits per heavy atom. The van der Waals surface area contributed by atoms with E-state index in [4.69, 9.17) is 15.7 Å². The number of sulfonamides is 1. The van der Waals surface area contributed by atoms with Gasteiger partial charge in [0, 0.05) is 6.54 Å². The van der Waals surface area contributed by atoms with Crippen molar-refractivity contribution in [2.45, 2.75) is 38.8 Å². The Kier molecular flexibility index (Phi) is 5.36. The largest absolute Gasteiger partial charge is 0.409 e. The van der Waals surface area contributed by atoms with Crippen molar-refractivity contribution in [2.24, 2.45) is 10.9 Å². The van der Waals surface area contributed by atoms with Gasteiger partial charge in [-0.3, -0.25) is 0 Å². The molecule has 18 heavy (non-hydrogen) atoms. The lowest BCUT2D eigenvalue weighted by Crippen LogP contribution is -2.45. The summed E-state index contributed by atoms with van der Waals surface area (Å²) in [4.78, 5) is 0. The molecule has 7 nitrogen and oxygen atoms in total. The molecule has 1 aliphatic rings. The minimum absolute atomic E-state index is 0.00125. The van der Waals surface area contributed by atoms with Crippen molar-refractivity contribution < 1.29 is 18.4 Å². The van der Waals surface area contributed by atoms with Gasteiger partial charge in [-0.15, -0.1) is 0 Å². The van der Waals surface area contributed by atoms with Gasteiger partial charge in [0.15, 0.2) is 5.84 Å². The first-order chi connectivity index (χ1) is 8.38. The van der Waals surface area contributed by atoms with Gasteiger partial charge in [-0.1, -0.05) is 5.16 Å². The average molecular weight is 279 g/mol. The van der Waals surface area contributed by atoms with Crippen molar-refractivity contribution in [3.63, 3.8) is 0 Å². The van der Waals surface area contributed by atoms with E-state index in [2.05, 4.69) is 5.16 Å². The highest BCUT2D eigenvalue weighted by atomic mass is 32.2. The topological polar surface area (TPSA) is 105 Å². The first kappa shape index (κ1) is 15.2. The summed E-state index contributed by atoms with van der Waals surface area (Å²) < 4.78 is 30.7. The molecule has 0 aromatic heterocycles. The molecule has 0 aromatic carbocycles. The minimum Gasteiger partial charge on any atom is -0.409 e. The molecule has 1 unspecified atom stereocenters. The lowest BCUT2D eigenvalue weighted by molar-refractivity contribution is 0.0907. The van der Waals surface area contributed by atoms with Crippen molar-refractivity contribution in [3.05, 3.63) is 0 Å². The molecule has 0 aliphatic carbocycles. The molecule has 1 rings (SSSR count). The second-order valence-electron chi connectivity index (χ2n) is 4.53. The Bertz CT molecular complexity index is 394. The van der Waals surface area contributed by atoms with Crippen molar-refractivity contribution in [1.82, 2.24) is 4.31 Å². The zero-order chi connectivity index (χ0) is 13.8.